The molecule has 94 heavy (non-hydrogen) atoms. The van der Waals surface area contributed by atoms with Crippen molar-refractivity contribution in [1.82, 2.24) is 0 Å². The molecule has 0 atom stereocenters. The van der Waals surface area contributed by atoms with E-state index in [2.05, 4.69) is 64.1 Å². The lowest BCUT2D eigenvalue weighted by Gasteiger charge is -2.27. The van der Waals surface area contributed by atoms with Crippen LogP contribution in [0.5, 0.6) is 46.0 Å². The molecule has 6 aromatic rings. The standard InChI is InChI=1S/C82H106N2O10/c1-5-9-13-27-53-89-73-59-71-75(81(79(73)91-55-29-15-11-7-3)93-57-33-25-21-17-19-23-31-51-87-69-47-43-67(44-48-69)65-39-35-63(61-83)36-40-65)78(86)72-60-74(90-54-28-14-10-6-2)80(92-56-30-16-12-8-4)82(76(72)77(71)85)94-58-34-26-22-18-20-24-32-52-88-70-49-45-68(46-50-70)66-41-37-64(62-84)38-42-66/h35-50,59-60H,5-34,51-58H2,1-4H3. The van der Waals surface area contributed by atoms with Crippen LogP contribution in [0.1, 0.15) is 263 Å². The predicted molar refractivity (Wildman–Crippen MR) is 378 cm³/mol. The molecular formula is C82H106N2O10. The van der Waals surface area contributed by atoms with E-state index in [-0.39, 0.29) is 45.3 Å². The van der Waals surface area contributed by atoms with E-state index in [9.17, 15) is 0 Å². The Labute approximate surface area is 563 Å². The monoisotopic (exact) mass is 1280 g/mol. The van der Waals surface area contributed by atoms with Gasteiger partial charge in [-0.25, -0.2) is 0 Å². The number of unbranched alkanes of at least 4 members (excludes halogenated alkanes) is 24. The third kappa shape index (κ3) is 23.8. The zero-order chi connectivity index (χ0) is 66.2. The highest BCUT2D eigenvalue weighted by molar-refractivity contribution is 6.31. The van der Waals surface area contributed by atoms with Crippen LogP contribution in [0.3, 0.4) is 0 Å². The molecule has 12 nitrogen and oxygen atoms in total. The molecule has 0 spiro atoms. The molecule has 0 amide bonds. The summed E-state index contributed by atoms with van der Waals surface area (Å²) in [5, 5.41) is 18.3. The summed E-state index contributed by atoms with van der Waals surface area (Å²) in [6, 6.07) is 39.3. The van der Waals surface area contributed by atoms with Crippen molar-refractivity contribution in [2.45, 2.75) is 220 Å². The molecule has 0 heterocycles. The first-order valence-corrected chi connectivity index (χ1v) is 36.1. The molecule has 1 aliphatic rings. The highest BCUT2D eigenvalue weighted by Gasteiger charge is 2.41. The summed E-state index contributed by atoms with van der Waals surface area (Å²) in [5.41, 5.74) is 6.41. The fraction of sp³-hybridized carbons (Fsp3) is 0.512. The van der Waals surface area contributed by atoms with Crippen molar-refractivity contribution in [3.8, 4) is 80.4 Å². The summed E-state index contributed by atoms with van der Waals surface area (Å²) in [5.74, 6) is 3.14. The quantitative estimate of drug-likeness (QED) is 0.0333. The van der Waals surface area contributed by atoms with Gasteiger partial charge in [-0.1, -0.05) is 217 Å². The van der Waals surface area contributed by atoms with Crippen LogP contribution in [0.2, 0.25) is 0 Å². The van der Waals surface area contributed by atoms with Crippen molar-refractivity contribution in [3.05, 3.63) is 143 Å². The fourth-order valence-electron chi connectivity index (χ4n) is 11.8. The van der Waals surface area contributed by atoms with Crippen molar-refractivity contribution < 1.29 is 47.5 Å². The summed E-state index contributed by atoms with van der Waals surface area (Å²) in [6.45, 7) is 12.4. The smallest absolute Gasteiger partial charge is 0.204 e. The average Bonchev–Trinajstić information content (AvgIpc) is 0.725. The van der Waals surface area contributed by atoms with E-state index in [0.29, 0.717) is 87.0 Å². The number of fused-ring (bicyclic) bond motifs is 2. The van der Waals surface area contributed by atoms with Crippen LogP contribution >= 0.6 is 0 Å². The first kappa shape index (κ1) is 73.5. The molecule has 504 valence electrons. The number of nitrogens with zero attached hydrogens (tertiary/aromatic N) is 2. The second kappa shape index (κ2) is 43.1. The van der Waals surface area contributed by atoms with Crippen molar-refractivity contribution in [2.75, 3.05) is 52.9 Å². The van der Waals surface area contributed by atoms with Gasteiger partial charge in [0.05, 0.1) is 87.2 Å². The van der Waals surface area contributed by atoms with E-state index in [0.717, 1.165) is 226 Å². The van der Waals surface area contributed by atoms with Gasteiger partial charge in [0, 0.05) is 11.1 Å². The number of hydrogen-bond acceptors (Lipinski definition) is 12. The molecule has 1 aliphatic carbocycles. The molecule has 0 unspecified atom stereocenters. The number of hydrogen-bond donors (Lipinski definition) is 0. The van der Waals surface area contributed by atoms with E-state index < -0.39 is 0 Å². The lowest BCUT2D eigenvalue weighted by Crippen LogP contribution is -2.25. The van der Waals surface area contributed by atoms with Crippen LogP contribution in [-0.2, 0) is 0 Å². The number of benzene rings is 6. The number of ether oxygens (including phenoxy) is 8. The summed E-state index contributed by atoms with van der Waals surface area (Å²) in [7, 11) is 0. The zero-order valence-corrected chi connectivity index (χ0v) is 57.2. The van der Waals surface area contributed by atoms with Gasteiger partial charge < -0.3 is 37.9 Å². The molecule has 0 aromatic heterocycles. The Morgan fingerprint density at radius 1 is 0.277 bits per heavy atom. The van der Waals surface area contributed by atoms with Gasteiger partial charge >= 0.3 is 0 Å². The van der Waals surface area contributed by atoms with Crippen molar-refractivity contribution >= 4 is 11.6 Å². The maximum Gasteiger partial charge on any atom is 0.204 e. The lowest BCUT2D eigenvalue weighted by molar-refractivity contribution is 0.0968. The van der Waals surface area contributed by atoms with Gasteiger partial charge in [0.25, 0.3) is 0 Å². The molecule has 0 saturated heterocycles. The Kier molecular flexibility index (Phi) is 33.7. The molecule has 0 N–H and O–H groups in total. The van der Waals surface area contributed by atoms with Crippen molar-refractivity contribution in [3.63, 3.8) is 0 Å². The average molecular weight is 1280 g/mol. The summed E-state index contributed by atoms with van der Waals surface area (Å²) >= 11 is 0. The lowest BCUT2D eigenvalue weighted by atomic mass is 9.82. The normalized spacial score (nSPS) is 11.6. The van der Waals surface area contributed by atoms with Gasteiger partial charge in [0.1, 0.15) is 11.5 Å². The molecule has 0 saturated carbocycles. The summed E-state index contributed by atoms with van der Waals surface area (Å²) in [4.78, 5) is 31.4. The number of nitriles is 2. The number of rotatable bonds is 50. The second-order valence-electron chi connectivity index (χ2n) is 25.0. The molecule has 12 heteroatoms. The minimum Gasteiger partial charge on any atom is -0.494 e. The molecular weight excluding hydrogens is 1170 g/mol. The van der Waals surface area contributed by atoms with Gasteiger partial charge in [-0.05, 0) is 134 Å². The Balaban J connectivity index is 1.02. The largest absolute Gasteiger partial charge is 0.494 e. The Bertz CT molecular complexity index is 3030. The maximum absolute atomic E-state index is 15.7. The van der Waals surface area contributed by atoms with E-state index >= 15 is 9.59 Å². The Morgan fingerprint density at radius 3 is 0.787 bits per heavy atom. The minimum atomic E-state index is -0.341. The molecule has 7 rings (SSSR count). The van der Waals surface area contributed by atoms with Gasteiger partial charge in [-0.2, -0.15) is 10.5 Å². The molecule has 0 radical (unpaired) electrons. The van der Waals surface area contributed by atoms with Crippen LogP contribution in [0, 0.1) is 22.7 Å². The SMILES string of the molecule is CCCCCCOc1cc2c(c(OCCCCCCCCCOc3ccc(-c4ccc(C#N)cc4)cc3)c1OCCCCCC)C(=O)c1cc(OCCCCCC)c(OCCCCCC)c(OCCCCCCCCCOc3ccc(-c4ccc(C#N)cc4)cc3)c1C2=O. The van der Waals surface area contributed by atoms with E-state index in [1.807, 2.05) is 72.8 Å². The second-order valence-corrected chi connectivity index (χ2v) is 25.0. The molecule has 6 aromatic carbocycles. The maximum atomic E-state index is 15.7. The highest BCUT2D eigenvalue weighted by Crippen LogP contribution is 2.51. The number of ketones is 2. The van der Waals surface area contributed by atoms with Crippen molar-refractivity contribution in [1.29, 1.82) is 10.5 Å². The minimum absolute atomic E-state index is 0.193. The van der Waals surface area contributed by atoms with Gasteiger partial charge in [-0.3, -0.25) is 9.59 Å². The molecule has 0 aliphatic heterocycles. The zero-order valence-electron chi connectivity index (χ0n) is 57.2. The fourth-order valence-corrected chi connectivity index (χ4v) is 11.8. The number of carbonyl (C=O) groups excluding carboxylic acids is 2. The van der Waals surface area contributed by atoms with E-state index in [4.69, 9.17) is 48.4 Å². The van der Waals surface area contributed by atoms with E-state index in [1.165, 1.54) is 0 Å². The Hall–Kier alpha value is -7.96. The first-order chi connectivity index (χ1) is 46.3. The third-order valence-electron chi connectivity index (χ3n) is 17.4. The van der Waals surface area contributed by atoms with E-state index in [1.54, 1.807) is 12.1 Å². The van der Waals surface area contributed by atoms with Crippen LogP contribution in [0.15, 0.2) is 109 Å². The third-order valence-corrected chi connectivity index (χ3v) is 17.4. The topological polar surface area (TPSA) is 156 Å². The Morgan fingerprint density at radius 2 is 0.511 bits per heavy atom. The van der Waals surface area contributed by atoms with Crippen LogP contribution in [0.25, 0.3) is 22.3 Å². The van der Waals surface area contributed by atoms with Crippen LogP contribution < -0.4 is 37.9 Å². The van der Waals surface area contributed by atoms with Gasteiger partial charge in [0.15, 0.2) is 34.6 Å². The molecule has 0 fully saturated rings. The first-order valence-electron chi connectivity index (χ1n) is 36.1. The number of carbonyl (C=O) groups is 2. The van der Waals surface area contributed by atoms with Crippen LogP contribution in [-0.4, -0.2) is 64.4 Å². The predicted octanol–water partition coefficient (Wildman–Crippen LogP) is 21.8. The van der Waals surface area contributed by atoms with Crippen molar-refractivity contribution in [2.24, 2.45) is 0 Å². The summed E-state index contributed by atoms with van der Waals surface area (Å²) < 4.78 is 52.5. The van der Waals surface area contributed by atoms with Gasteiger partial charge in [-0.15, -0.1) is 0 Å². The highest BCUT2D eigenvalue weighted by atomic mass is 16.6. The van der Waals surface area contributed by atoms with Crippen LogP contribution in [0.4, 0.5) is 0 Å². The molecule has 0 bridgehead atoms. The summed E-state index contributed by atoms with van der Waals surface area (Å²) in [6.07, 6.45) is 30.0. The van der Waals surface area contributed by atoms with Gasteiger partial charge in [0.2, 0.25) is 11.5 Å².